The third-order valence-electron chi connectivity index (χ3n) is 3.50. The molecule has 1 aromatic carbocycles. The van der Waals surface area contributed by atoms with Crippen molar-refractivity contribution in [1.82, 2.24) is 5.32 Å². The second-order valence-electron chi connectivity index (χ2n) is 4.79. The van der Waals surface area contributed by atoms with Crippen LogP contribution in [0.25, 0.3) is 0 Å². The highest BCUT2D eigenvalue weighted by molar-refractivity contribution is 9.10. The van der Waals surface area contributed by atoms with Crippen molar-refractivity contribution >= 4 is 21.6 Å². The van der Waals surface area contributed by atoms with Gasteiger partial charge in [-0.2, -0.15) is 0 Å². The number of ether oxygens (including phenoxy) is 1. The molecule has 0 radical (unpaired) electrons. The minimum Gasteiger partial charge on any atom is -0.378 e. The van der Waals surface area contributed by atoms with Gasteiger partial charge in [-0.25, -0.2) is 0 Å². The van der Waals surface area contributed by atoms with E-state index in [9.17, 15) is 10.1 Å². The maximum absolute atomic E-state index is 11.0. The van der Waals surface area contributed by atoms with Crippen LogP contribution in [0.1, 0.15) is 18.9 Å². The number of hydrogen-bond donors (Lipinski definition) is 1. The lowest BCUT2D eigenvalue weighted by atomic mass is 10.0. The number of halogens is 1. The number of hydrogen-bond acceptors (Lipinski definition) is 4. The SMILES string of the molecule is CC1OCCC1CNCc1ccc(Br)cc1[N+](=O)[O-]. The van der Waals surface area contributed by atoms with Gasteiger partial charge in [0.15, 0.2) is 0 Å². The van der Waals surface area contributed by atoms with E-state index in [4.69, 9.17) is 4.74 Å². The quantitative estimate of drug-likeness (QED) is 0.666. The Labute approximate surface area is 120 Å². The van der Waals surface area contributed by atoms with E-state index in [0.717, 1.165) is 24.0 Å². The van der Waals surface area contributed by atoms with E-state index < -0.39 is 0 Å². The van der Waals surface area contributed by atoms with Crippen LogP contribution in [0, 0.1) is 16.0 Å². The van der Waals surface area contributed by atoms with Crippen molar-refractivity contribution in [1.29, 1.82) is 0 Å². The van der Waals surface area contributed by atoms with Gasteiger partial charge in [0.1, 0.15) is 0 Å². The summed E-state index contributed by atoms with van der Waals surface area (Å²) in [5.41, 5.74) is 0.859. The van der Waals surface area contributed by atoms with Gasteiger partial charge in [0.05, 0.1) is 11.0 Å². The fourth-order valence-electron chi connectivity index (χ4n) is 2.29. The predicted molar refractivity (Wildman–Crippen MR) is 76.0 cm³/mol. The van der Waals surface area contributed by atoms with E-state index in [2.05, 4.69) is 28.2 Å². The third-order valence-corrected chi connectivity index (χ3v) is 3.99. The Balaban J connectivity index is 1.94. The van der Waals surface area contributed by atoms with Gasteiger partial charge in [0.2, 0.25) is 0 Å². The Morgan fingerprint density at radius 2 is 2.37 bits per heavy atom. The molecule has 1 saturated heterocycles. The summed E-state index contributed by atoms with van der Waals surface area (Å²) in [6.07, 6.45) is 1.32. The van der Waals surface area contributed by atoms with Gasteiger partial charge in [-0.15, -0.1) is 0 Å². The monoisotopic (exact) mass is 328 g/mol. The second-order valence-corrected chi connectivity index (χ2v) is 5.70. The average molecular weight is 329 g/mol. The summed E-state index contributed by atoms with van der Waals surface area (Å²) in [5.74, 6) is 0.495. The summed E-state index contributed by atoms with van der Waals surface area (Å²) in [7, 11) is 0. The molecule has 19 heavy (non-hydrogen) atoms. The van der Waals surface area contributed by atoms with Crippen LogP contribution < -0.4 is 5.32 Å². The van der Waals surface area contributed by atoms with Crippen LogP contribution >= 0.6 is 15.9 Å². The first-order valence-corrected chi connectivity index (χ1v) is 7.12. The molecule has 0 bridgehead atoms. The first-order chi connectivity index (χ1) is 9.08. The average Bonchev–Trinajstić information content (AvgIpc) is 2.77. The summed E-state index contributed by atoms with van der Waals surface area (Å²) in [6.45, 7) is 4.22. The Bertz CT molecular complexity index is 467. The summed E-state index contributed by atoms with van der Waals surface area (Å²) in [6, 6.07) is 5.15. The zero-order chi connectivity index (χ0) is 13.8. The Hall–Kier alpha value is -0.980. The highest BCUT2D eigenvalue weighted by Crippen LogP contribution is 2.24. The molecule has 1 fully saturated rings. The summed E-state index contributed by atoms with van der Waals surface area (Å²) < 4.78 is 6.21. The lowest BCUT2D eigenvalue weighted by molar-refractivity contribution is -0.385. The fourth-order valence-corrected chi connectivity index (χ4v) is 2.64. The minimum atomic E-state index is -0.344. The van der Waals surface area contributed by atoms with E-state index in [0.29, 0.717) is 18.0 Å². The molecule has 1 aromatic rings. The number of nitrogens with one attached hydrogen (secondary N) is 1. The molecule has 1 N–H and O–H groups in total. The molecule has 0 spiro atoms. The minimum absolute atomic E-state index is 0.151. The topological polar surface area (TPSA) is 64.4 Å². The molecule has 104 valence electrons. The van der Waals surface area contributed by atoms with Gasteiger partial charge in [-0.05, 0) is 31.4 Å². The summed E-state index contributed by atoms with van der Waals surface area (Å²) in [5, 5.41) is 14.3. The standard InChI is InChI=1S/C13H17BrN2O3/c1-9-10(4-5-19-9)7-15-8-11-2-3-12(14)6-13(11)16(17)18/h2-3,6,9-10,15H,4-5,7-8H2,1H3. The first kappa shape index (κ1) is 14.4. The predicted octanol–water partition coefficient (Wildman–Crippen LogP) is 2.87. The zero-order valence-corrected chi connectivity index (χ0v) is 12.4. The van der Waals surface area contributed by atoms with Crippen molar-refractivity contribution < 1.29 is 9.66 Å². The van der Waals surface area contributed by atoms with Gasteiger partial charge in [0.25, 0.3) is 5.69 Å². The highest BCUT2D eigenvalue weighted by atomic mass is 79.9. The van der Waals surface area contributed by atoms with Crippen molar-refractivity contribution in [3.63, 3.8) is 0 Å². The fraction of sp³-hybridized carbons (Fsp3) is 0.538. The molecule has 5 nitrogen and oxygen atoms in total. The largest absolute Gasteiger partial charge is 0.378 e. The normalized spacial score (nSPS) is 22.6. The van der Waals surface area contributed by atoms with Crippen molar-refractivity contribution in [3.8, 4) is 0 Å². The third kappa shape index (κ3) is 3.75. The molecule has 2 unspecified atom stereocenters. The Morgan fingerprint density at radius 1 is 1.58 bits per heavy atom. The van der Waals surface area contributed by atoms with Crippen LogP contribution in [0.2, 0.25) is 0 Å². The van der Waals surface area contributed by atoms with Crippen molar-refractivity contribution in [2.24, 2.45) is 5.92 Å². The molecule has 0 amide bonds. The van der Waals surface area contributed by atoms with E-state index in [1.807, 2.05) is 6.07 Å². The molecule has 1 aliphatic rings. The first-order valence-electron chi connectivity index (χ1n) is 6.33. The molecular formula is C13H17BrN2O3. The van der Waals surface area contributed by atoms with Crippen LogP contribution in [-0.4, -0.2) is 24.2 Å². The lowest BCUT2D eigenvalue weighted by Crippen LogP contribution is -2.26. The Kier molecular flexibility index (Phi) is 4.90. The smallest absolute Gasteiger partial charge is 0.275 e. The molecule has 0 aliphatic carbocycles. The van der Waals surface area contributed by atoms with Gasteiger partial charge in [-0.3, -0.25) is 10.1 Å². The molecule has 1 heterocycles. The number of nitro benzene ring substituents is 1. The molecule has 2 rings (SSSR count). The van der Waals surface area contributed by atoms with E-state index >= 15 is 0 Å². The van der Waals surface area contributed by atoms with Crippen LogP contribution in [0.4, 0.5) is 5.69 Å². The number of nitrogens with zero attached hydrogens (tertiary/aromatic N) is 1. The molecular weight excluding hydrogens is 312 g/mol. The van der Waals surface area contributed by atoms with Crippen molar-refractivity contribution in [3.05, 3.63) is 38.3 Å². The second kappa shape index (κ2) is 6.45. The maximum Gasteiger partial charge on any atom is 0.275 e. The van der Waals surface area contributed by atoms with Gasteiger partial charge < -0.3 is 10.1 Å². The molecule has 2 atom stereocenters. The molecule has 0 saturated carbocycles. The van der Waals surface area contributed by atoms with Crippen LogP contribution in [0.5, 0.6) is 0 Å². The number of benzene rings is 1. The van der Waals surface area contributed by atoms with Gasteiger partial charge in [-0.1, -0.05) is 15.9 Å². The lowest BCUT2D eigenvalue weighted by Gasteiger charge is -2.14. The van der Waals surface area contributed by atoms with Gasteiger partial charge >= 0.3 is 0 Å². The summed E-state index contributed by atoms with van der Waals surface area (Å²) >= 11 is 3.25. The van der Waals surface area contributed by atoms with Crippen LogP contribution in [-0.2, 0) is 11.3 Å². The van der Waals surface area contributed by atoms with Crippen LogP contribution in [0.15, 0.2) is 22.7 Å². The van der Waals surface area contributed by atoms with Crippen LogP contribution in [0.3, 0.4) is 0 Å². The molecule has 1 aliphatic heterocycles. The molecule has 0 aromatic heterocycles. The maximum atomic E-state index is 11.0. The molecule has 6 heteroatoms. The highest BCUT2D eigenvalue weighted by Gasteiger charge is 2.23. The van der Waals surface area contributed by atoms with E-state index in [1.165, 1.54) is 6.07 Å². The van der Waals surface area contributed by atoms with Gasteiger partial charge in [0, 0.05) is 35.8 Å². The zero-order valence-electron chi connectivity index (χ0n) is 10.8. The van der Waals surface area contributed by atoms with E-state index in [-0.39, 0.29) is 16.7 Å². The summed E-state index contributed by atoms with van der Waals surface area (Å²) in [4.78, 5) is 10.6. The van der Waals surface area contributed by atoms with E-state index in [1.54, 1.807) is 6.07 Å². The number of nitro groups is 1. The number of rotatable bonds is 5. The van der Waals surface area contributed by atoms with Crippen molar-refractivity contribution in [2.45, 2.75) is 26.0 Å². The van der Waals surface area contributed by atoms with Crippen molar-refractivity contribution in [2.75, 3.05) is 13.2 Å². The Morgan fingerprint density at radius 3 is 3.00 bits per heavy atom.